The number of benzene rings is 2. The maximum atomic E-state index is 13.5. The number of rotatable bonds is 3. The smallest absolute Gasteiger partial charge is 0.263 e. The molecular weight excluding hydrogens is 336 g/mol. The lowest BCUT2D eigenvalue weighted by molar-refractivity contribution is 0.862. The second kappa shape index (κ2) is 6.72. The molecule has 0 aliphatic rings. The van der Waals surface area contributed by atoms with Gasteiger partial charge in [-0.25, -0.2) is 0 Å². The second-order valence-corrected chi connectivity index (χ2v) is 6.60. The molecule has 0 bridgehead atoms. The molecule has 0 aliphatic heterocycles. The van der Waals surface area contributed by atoms with Gasteiger partial charge in [0.05, 0.1) is 5.39 Å². The molecule has 0 fully saturated rings. The molecule has 0 saturated heterocycles. The van der Waals surface area contributed by atoms with Gasteiger partial charge in [-0.1, -0.05) is 43.3 Å². The fourth-order valence-corrected chi connectivity index (χ4v) is 3.53. The van der Waals surface area contributed by atoms with Crippen LogP contribution in [0, 0.1) is 0 Å². The number of pyridine rings is 2. The van der Waals surface area contributed by atoms with Crippen LogP contribution in [0.2, 0.25) is 0 Å². The minimum absolute atomic E-state index is 0.0417. The Labute approximate surface area is 157 Å². The van der Waals surface area contributed by atoms with Gasteiger partial charge in [-0.05, 0) is 47.2 Å². The number of nitrogens with zero attached hydrogens (tertiary/aromatic N) is 2. The van der Waals surface area contributed by atoms with Gasteiger partial charge in [0, 0.05) is 30.7 Å². The van der Waals surface area contributed by atoms with Crippen LogP contribution in [0.25, 0.3) is 27.6 Å². The third-order valence-corrected chi connectivity index (χ3v) is 4.90. The van der Waals surface area contributed by atoms with Crippen molar-refractivity contribution in [3.8, 4) is 16.8 Å². The van der Waals surface area contributed by atoms with E-state index in [0.29, 0.717) is 5.39 Å². The van der Waals surface area contributed by atoms with Gasteiger partial charge in [-0.15, -0.1) is 0 Å². The van der Waals surface area contributed by atoms with Crippen molar-refractivity contribution in [3.63, 3.8) is 0 Å². The zero-order valence-corrected chi connectivity index (χ0v) is 15.3. The molecule has 4 rings (SSSR count). The number of fused-ring (bicyclic) bond motifs is 1. The largest absolute Gasteiger partial charge is 0.318 e. The van der Waals surface area contributed by atoms with Gasteiger partial charge in [0.2, 0.25) is 5.56 Å². The lowest BCUT2D eigenvalue weighted by atomic mass is 9.99. The van der Waals surface area contributed by atoms with Crippen molar-refractivity contribution in [1.82, 2.24) is 9.13 Å². The Kier molecular flexibility index (Phi) is 4.24. The van der Waals surface area contributed by atoms with Crippen LogP contribution in [0.1, 0.15) is 12.6 Å². The highest BCUT2D eigenvalue weighted by Crippen LogP contribution is 2.27. The van der Waals surface area contributed by atoms with Gasteiger partial charge >= 0.3 is 0 Å². The third kappa shape index (κ3) is 2.89. The first-order chi connectivity index (χ1) is 13.1. The number of aryl methyl sites for hydroxylation is 2. The fourth-order valence-electron chi connectivity index (χ4n) is 3.53. The monoisotopic (exact) mass is 356 g/mol. The molecular formula is C23H20N2O2. The summed E-state index contributed by atoms with van der Waals surface area (Å²) in [5, 5.41) is 1.58. The normalized spacial score (nSPS) is 11.0. The molecule has 0 atom stereocenters. The third-order valence-electron chi connectivity index (χ3n) is 4.90. The molecule has 4 aromatic rings. The zero-order chi connectivity index (χ0) is 19.0. The maximum absolute atomic E-state index is 13.5. The summed E-state index contributed by atoms with van der Waals surface area (Å²) in [5.41, 5.74) is 3.39. The number of hydrogen-bond acceptors (Lipinski definition) is 2. The van der Waals surface area contributed by atoms with Crippen LogP contribution in [0.3, 0.4) is 0 Å². The van der Waals surface area contributed by atoms with Crippen molar-refractivity contribution in [2.75, 3.05) is 0 Å². The lowest BCUT2D eigenvalue weighted by Crippen LogP contribution is -2.22. The molecule has 0 radical (unpaired) electrons. The van der Waals surface area contributed by atoms with Gasteiger partial charge in [-0.2, -0.15) is 0 Å². The van der Waals surface area contributed by atoms with Crippen LogP contribution in [-0.2, 0) is 13.5 Å². The highest BCUT2D eigenvalue weighted by Gasteiger charge is 2.14. The quantitative estimate of drug-likeness (QED) is 0.558. The van der Waals surface area contributed by atoms with E-state index in [1.807, 2.05) is 48.5 Å². The molecule has 0 saturated carbocycles. The highest BCUT2D eigenvalue weighted by atomic mass is 16.1. The summed E-state index contributed by atoms with van der Waals surface area (Å²) < 4.78 is 3.32. The van der Waals surface area contributed by atoms with Crippen molar-refractivity contribution in [1.29, 1.82) is 0 Å². The molecule has 0 amide bonds. The van der Waals surface area contributed by atoms with Crippen molar-refractivity contribution in [2.24, 2.45) is 7.05 Å². The lowest BCUT2D eigenvalue weighted by Gasteiger charge is -2.15. The predicted octanol–water partition coefficient (Wildman–Crippen LogP) is 3.92. The molecule has 2 aromatic heterocycles. The second-order valence-electron chi connectivity index (χ2n) is 6.60. The van der Waals surface area contributed by atoms with Crippen LogP contribution < -0.4 is 11.1 Å². The van der Waals surface area contributed by atoms with Crippen LogP contribution in [-0.4, -0.2) is 9.13 Å². The average molecular weight is 356 g/mol. The van der Waals surface area contributed by atoms with Gasteiger partial charge in [0.1, 0.15) is 0 Å². The van der Waals surface area contributed by atoms with Crippen LogP contribution in [0.15, 0.2) is 82.5 Å². The molecule has 0 N–H and O–H groups in total. The minimum Gasteiger partial charge on any atom is -0.318 e. The van der Waals surface area contributed by atoms with Crippen molar-refractivity contribution in [3.05, 3.63) is 99.3 Å². The van der Waals surface area contributed by atoms with E-state index in [0.717, 1.165) is 34.3 Å². The number of hydrogen-bond donors (Lipinski definition) is 0. The van der Waals surface area contributed by atoms with Gasteiger partial charge in [0.15, 0.2) is 0 Å². The average Bonchev–Trinajstić information content (AvgIpc) is 2.70. The Morgan fingerprint density at radius 1 is 0.889 bits per heavy atom. The number of para-hydroxylation sites is 1. The Bertz CT molecular complexity index is 1250. The first kappa shape index (κ1) is 17.0. The number of aromatic nitrogens is 2. The zero-order valence-electron chi connectivity index (χ0n) is 15.3. The van der Waals surface area contributed by atoms with E-state index in [2.05, 4.69) is 13.0 Å². The molecule has 2 aromatic carbocycles. The molecule has 134 valence electrons. The van der Waals surface area contributed by atoms with E-state index in [4.69, 9.17) is 0 Å². The predicted molar refractivity (Wildman–Crippen MR) is 110 cm³/mol. The summed E-state index contributed by atoms with van der Waals surface area (Å²) in [6.07, 6.45) is 2.53. The van der Waals surface area contributed by atoms with Crippen LogP contribution in [0.4, 0.5) is 0 Å². The summed E-state index contributed by atoms with van der Waals surface area (Å²) in [6, 6.07) is 20.9. The van der Waals surface area contributed by atoms with Crippen LogP contribution in [0.5, 0.6) is 0 Å². The first-order valence-electron chi connectivity index (χ1n) is 9.00. The van der Waals surface area contributed by atoms with E-state index in [1.165, 1.54) is 10.6 Å². The highest BCUT2D eigenvalue weighted by molar-refractivity contribution is 5.96. The van der Waals surface area contributed by atoms with Crippen molar-refractivity contribution >= 4 is 10.8 Å². The molecule has 0 unspecified atom stereocenters. The summed E-state index contributed by atoms with van der Waals surface area (Å²) in [7, 11) is 1.72. The molecule has 0 spiro atoms. The van der Waals surface area contributed by atoms with E-state index in [-0.39, 0.29) is 11.1 Å². The summed E-state index contributed by atoms with van der Waals surface area (Å²) in [6.45, 7) is 2.05. The van der Waals surface area contributed by atoms with E-state index >= 15 is 0 Å². The van der Waals surface area contributed by atoms with Gasteiger partial charge in [0.25, 0.3) is 5.56 Å². The standard InChI is InChI=1S/C23H20N2O2/c1-3-18-14-16-8-7-11-20(17-12-13-21(26)24(2)15-17)22(16)23(27)25(18)19-9-5-4-6-10-19/h4-15H,3H2,1-2H3. The SMILES string of the molecule is CCc1cc2cccc(-c3ccc(=O)n(C)c3)c2c(=O)n1-c1ccccc1. The van der Waals surface area contributed by atoms with Crippen molar-refractivity contribution < 1.29 is 0 Å². The van der Waals surface area contributed by atoms with E-state index in [1.54, 1.807) is 23.9 Å². The van der Waals surface area contributed by atoms with E-state index in [9.17, 15) is 9.59 Å². The van der Waals surface area contributed by atoms with Gasteiger partial charge in [-0.3, -0.25) is 14.2 Å². The Balaban J connectivity index is 2.10. The Hall–Kier alpha value is -3.40. The summed E-state index contributed by atoms with van der Waals surface area (Å²) in [5.74, 6) is 0. The maximum Gasteiger partial charge on any atom is 0.263 e. The molecule has 2 heterocycles. The molecule has 27 heavy (non-hydrogen) atoms. The van der Waals surface area contributed by atoms with Crippen molar-refractivity contribution in [2.45, 2.75) is 13.3 Å². The molecule has 0 aliphatic carbocycles. The molecule has 4 nitrogen and oxygen atoms in total. The topological polar surface area (TPSA) is 44.0 Å². The minimum atomic E-state index is -0.0750. The Morgan fingerprint density at radius 3 is 2.37 bits per heavy atom. The fraction of sp³-hybridized carbons (Fsp3) is 0.130. The van der Waals surface area contributed by atoms with E-state index < -0.39 is 0 Å². The summed E-state index contributed by atoms with van der Waals surface area (Å²) in [4.78, 5) is 25.3. The molecule has 4 heteroatoms. The summed E-state index contributed by atoms with van der Waals surface area (Å²) >= 11 is 0. The Morgan fingerprint density at radius 2 is 1.67 bits per heavy atom. The van der Waals surface area contributed by atoms with Crippen LogP contribution >= 0.6 is 0 Å². The van der Waals surface area contributed by atoms with Gasteiger partial charge < -0.3 is 4.57 Å². The first-order valence-corrected chi connectivity index (χ1v) is 9.00.